The Morgan fingerprint density at radius 1 is 1.40 bits per heavy atom. The minimum absolute atomic E-state index is 0.00903. The normalized spacial score (nSPS) is 12.4. The third-order valence-corrected chi connectivity index (χ3v) is 3.10. The summed E-state index contributed by atoms with van der Waals surface area (Å²) in [6.45, 7) is 5.66. The molecule has 0 aromatic carbocycles. The van der Waals surface area contributed by atoms with Crippen LogP contribution in [0.25, 0.3) is 0 Å². The van der Waals surface area contributed by atoms with Crippen LogP contribution in [0, 0.1) is 0 Å². The van der Waals surface area contributed by atoms with E-state index in [0.717, 1.165) is 0 Å². The SMILES string of the molecule is CCC(Br)C(=O)N(CC(=O)OC)C(C)C. The van der Waals surface area contributed by atoms with Gasteiger partial charge in [0.1, 0.15) is 6.54 Å². The molecular formula is C10H18BrNO3. The van der Waals surface area contributed by atoms with E-state index < -0.39 is 5.97 Å². The van der Waals surface area contributed by atoms with Crippen molar-refractivity contribution in [1.29, 1.82) is 0 Å². The average Bonchev–Trinajstić information content (AvgIpc) is 2.22. The molecule has 0 radical (unpaired) electrons. The van der Waals surface area contributed by atoms with Crippen LogP contribution in [0.3, 0.4) is 0 Å². The zero-order valence-electron chi connectivity index (χ0n) is 9.62. The highest BCUT2D eigenvalue weighted by molar-refractivity contribution is 9.10. The molecule has 15 heavy (non-hydrogen) atoms. The Hall–Kier alpha value is -0.580. The van der Waals surface area contributed by atoms with Gasteiger partial charge in [0.05, 0.1) is 11.9 Å². The largest absolute Gasteiger partial charge is 0.468 e. The number of alkyl halides is 1. The molecular weight excluding hydrogens is 262 g/mol. The number of esters is 1. The Kier molecular flexibility index (Phi) is 6.56. The maximum atomic E-state index is 11.8. The molecule has 0 saturated carbocycles. The molecule has 0 aliphatic heterocycles. The van der Waals surface area contributed by atoms with Crippen molar-refractivity contribution in [2.45, 2.75) is 38.1 Å². The molecule has 4 nitrogen and oxygen atoms in total. The highest BCUT2D eigenvalue weighted by atomic mass is 79.9. The number of rotatable bonds is 5. The van der Waals surface area contributed by atoms with Crippen molar-refractivity contribution in [3.05, 3.63) is 0 Å². The van der Waals surface area contributed by atoms with Crippen LogP contribution < -0.4 is 0 Å². The molecule has 0 heterocycles. The van der Waals surface area contributed by atoms with Crippen LogP contribution in [-0.4, -0.2) is 41.3 Å². The number of nitrogens with zero attached hydrogens (tertiary/aromatic N) is 1. The fraction of sp³-hybridized carbons (Fsp3) is 0.800. The Morgan fingerprint density at radius 3 is 2.27 bits per heavy atom. The molecule has 88 valence electrons. The van der Waals surface area contributed by atoms with Crippen LogP contribution in [0.4, 0.5) is 0 Å². The minimum atomic E-state index is -0.396. The summed E-state index contributed by atoms with van der Waals surface area (Å²) in [7, 11) is 1.32. The zero-order chi connectivity index (χ0) is 12.0. The van der Waals surface area contributed by atoms with E-state index in [0.29, 0.717) is 6.42 Å². The van der Waals surface area contributed by atoms with E-state index >= 15 is 0 Å². The molecule has 0 saturated heterocycles. The van der Waals surface area contributed by atoms with Gasteiger partial charge in [-0.05, 0) is 20.3 Å². The molecule has 0 bridgehead atoms. The smallest absolute Gasteiger partial charge is 0.325 e. The van der Waals surface area contributed by atoms with Gasteiger partial charge >= 0.3 is 5.97 Å². The summed E-state index contributed by atoms with van der Waals surface area (Å²) in [4.78, 5) is 24.2. The average molecular weight is 280 g/mol. The second-order valence-electron chi connectivity index (χ2n) is 3.51. The molecule has 0 rings (SSSR count). The Bertz CT molecular complexity index is 231. The van der Waals surface area contributed by atoms with Crippen molar-refractivity contribution in [2.75, 3.05) is 13.7 Å². The summed E-state index contributed by atoms with van der Waals surface area (Å²) in [5.41, 5.74) is 0. The number of hydrogen-bond donors (Lipinski definition) is 0. The number of halogens is 1. The lowest BCUT2D eigenvalue weighted by molar-refractivity contribution is -0.147. The van der Waals surface area contributed by atoms with Gasteiger partial charge in [-0.25, -0.2) is 0 Å². The number of carbonyl (C=O) groups excluding carboxylic acids is 2. The van der Waals surface area contributed by atoms with E-state index in [1.54, 1.807) is 0 Å². The summed E-state index contributed by atoms with van der Waals surface area (Å²) in [5.74, 6) is -0.467. The van der Waals surface area contributed by atoms with Crippen LogP contribution in [-0.2, 0) is 14.3 Å². The Labute approximate surface area is 99.1 Å². The van der Waals surface area contributed by atoms with Crippen molar-refractivity contribution in [2.24, 2.45) is 0 Å². The van der Waals surface area contributed by atoms with Gasteiger partial charge in [0.25, 0.3) is 0 Å². The highest BCUT2D eigenvalue weighted by Gasteiger charge is 2.24. The molecule has 1 atom stereocenters. The number of ether oxygens (including phenoxy) is 1. The lowest BCUT2D eigenvalue weighted by Gasteiger charge is -2.27. The summed E-state index contributed by atoms with van der Waals surface area (Å²) in [5, 5.41) is 0. The highest BCUT2D eigenvalue weighted by Crippen LogP contribution is 2.11. The predicted molar refractivity (Wildman–Crippen MR) is 61.9 cm³/mol. The molecule has 0 aromatic rings. The molecule has 1 unspecified atom stereocenters. The molecule has 1 amide bonds. The topological polar surface area (TPSA) is 46.6 Å². The van der Waals surface area contributed by atoms with Gasteiger partial charge in [0.2, 0.25) is 5.91 Å². The lowest BCUT2D eigenvalue weighted by Crippen LogP contribution is -2.44. The fourth-order valence-electron chi connectivity index (χ4n) is 1.07. The second kappa shape index (κ2) is 6.82. The Balaban J connectivity index is 4.52. The maximum Gasteiger partial charge on any atom is 0.325 e. The predicted octanol–water partition coefficient (Wildman–Crippen LogP) is 1.57. The van der Waals surface area contributed by atoms with E-state index in [1.165, 1.54) is 12.0 Å². The van der Waals surface area contributed by atoms with Crippen LogP contribution in [0.5, 0.6) is 0 Å². The lowest BCUT2D eigenvalue weighted by atomic mass is 10.2. The Morgan fingerprint density at radius 2 is 1.93 bits per heavy atom. The third-order valence-electron chi connectivity index (χ3n) is 2.06. The van der Waals surface area contributed by atoms with Gasteiger partial charge in [-0.1, -0.05) is 22.9 Å². The summed E-state index contributed by atoms with van der Waals surface area (Å²) < 4.78 is 4.55. The van der Waals surface area contributed by atoms with Crippen molar-refractivity contribution < 1.29 is 14.3 Å². The number of carbonyl (C=O) groups is 2. The summed E-state index contributed by atoms with van der Waals surface area (Å²) in [6.07, 6.45) is 0.698. The first-order valence-electron chi connectivity index (χ1n) is 4.95. The van der Waals surface area contributed by atoms with Crippen molar-refractivity contribution in [1.82, 2.24) is 4.90 Å². The van der Waals surface area contributed by atoms with Crippen LogP contribution in [0.1, 0.15) is 27.2 Å². The third kappa shape index (κ3) is 4.64. The maximum absolute atomic E-state index is 11.8. The number of hydrogen-bond acceptors (Lipinski definition) is 3. The summed E-state index contributed by atoms with van der Waals surface area (Å²) in [6, 6.07) is -0.0109. The van der Waals surface area contributed by atoms with E-state index in [4.69, 9.17) is 0 Å². The van der Waals surface area contributed by atoms with Gasteiger partial charge in [-0.3, -0.25) is 9.59 Å². The van der Waals surface area contributed by atoms with Crippen LogP contribution in [0.15, 0.2) is 0 Å². The van der Waals surface area contributed by atoms with Crippen molar-refractivity contribution in [3.8, 4) is 0 Å². The van der Waals surface area contributed by atoms with Crippen molar-refractivity contribution >= 4 is 27.8 Å². The van der Waals surface area contributed by atoms with E-state index in [9.17, 15) is 9.59 Å². The number of methoxy groups -OCH3 is 1. The molecule has 0 N–H and O–H groups in total. The number of amides is 1. The molecule has 0 fully saturated rings. The molecule has 0 spiro atoms. The standard InChI is InChI=1S/C10H18BrNO3/c1-5-8(11)10(14)12(7(2)3)6-9(13)15-4/h7-8H,5-6H2,1-4H3. The zero-order valence-corrected chi connectivity index (χ0v) is 11.2. The molecule has 0 aliphatic rings. The van der Waals surface area contributed by atoms with Gasteiger partial charge in [0.15, 0.2) is 0 Å². The van der Waals surface area contributed by atoms with Crippen LogP contribution >= 0.6 is 15.9 Å². The van der Waals surface area contributed by atoms with Gasteiger partial charge in [-0.15, -0.1) is 0 Å². The van der Waals surface area contributed by atoms with E-state index in [2.05, 4.69) is 20.7 Å². The van der Waals surface area contributed by atoms with Gasteiger partial charge < -0.3 is 9.64 Å². The van der Waals surface area contributed by atoms with E-state index in [1.807, 2.05) is 20.8 Å². The molecule has 5 heteroatoms. The molecule has 0 aliphatic carbocycles. The van der Waals surface area contributed by atoms with Crippen LogP contribution in [0.2, 0.25) is 0 Å². The second-order valence-corrected chi connectivity index (χ2v) is 4.62. The molecule has 0 aromatic heterocycles. The summed E-state index contributed by atoms with van der Waals surface area (Å²) >= 11 is 3.28. The minimum Gasteiger partial charge on any atom is -0.468 e. The fourth-order valence-corrected chi connectivity index (χ4v) is 1.34. The van der Waals surface area contributed by atoms with Gasteiger partial charge in [0, 0.05) is 6.04 Å². The van der Waals surface area contributed by atoms with Crippen molar-refractivity contribution in [3.63, 3.8) is 0 Å². The first-order chi connectivity index (χ1) is 6.93. The first kappa shape index (κ1) is 14.4. The van der Waals surface area contributed by atoms with Gasteiger partial charge in [-0.2, -0.15) is 0 Å². The quantitative estimate of drug-likeness (QED) is 0.567. The first-order valence-corrected chi connectivity index (χ1v) is 5.86. The van der Waals surface area contributed by atoms with E-state index in [-0.39, 0.29) is 23.3 Å². The monoisotopic (exact) mass is 279 g/mol.